The molecule has 1 unspecified atom stereocenters. The monoisotopic (exact) mass is 371 g/mol. The number of hydrogen-bond acceptors (Lipinski definition) is 5. The zero-order valence-corrected chi connectivity index (χ0v) is 15.4. The number of rotatable bonds is 3. The summed E-state index contributed by atoms with van der Waals surface area (Å²) in [5.41, 5.74) is 5.36. The molecule has 0 aliphatic carbocycles. The van der Waals surface area contributed by atoms with Crippen LogP contribution in [-0.2, 0) is 0 Å². The summed E-state index contributed by atoms with van der Waals surface area (Å²) >= 11 is 5.23. The van der Waals surface area contributed by atoms with Gasteiger partial charge in [0, 0.05) is 24.1 Å². The van der Waals surface area contributed by atoms with Gasteiger partial charge in [-0.05, 0) is 55.9 Å². The Labute approximate surface area is 157 Å². The molecule has 2 aromatic carbocycles. The zero-order valence-electron chi connectivity index (χ0n) is 14.6. The van der Waals surface area contributed by atoms with Gasteiger partial charge in [0.2, 0.25) is 0 Å². The Bertz CT molecular complexity index is 834. The minimum atomic E-state index is -0.280. The molecule has 6 nitrogen and oxygen atoms in total. The maximum absolute atomic E-state index is 9.79. The molecule has 0 aromatic heterocycles. The van der Waals surface area contributed by atoms with Crippen molar-refractivity contribution in [2.75, 3.05) is 0 Å². The van der Waals surface area contributed by atoms with Crippen molar-refractivity contribution in [3.63, 3.8) is 0 Å². The van der Waals surface area contributed by atoms with Crippen molar-refractivity contribution in [1.29, 1.82) is 0 Å². The molecule has 0 saturated carbocycles. The van der Waals surface area contributed by atoms with E-state index in [-0.39, 0.29) is 23.6 Å². The third-order valence-electron chi connectivity index (χ3n) is 3.90. The molecule has 7 heteroatoms. The van der Waals surface area contributed by atoms with E-state index in [2.05, 4.69) is 15.8 Å². The number of ether oxygens (including phenoxy) is 1. The van der Waals surface area contributed by atoms with Crippen LogP contribution in [0.3, 0.4) is 0 Å². The van der Waals surface area contributed by atoms with Crippen LogP contribution in [0.25, 0.3) is 0 Å². The fourth-order valence-corrected chi connectivity index (χ4v) is 3.00. The number of benzene rings is 2. The van der Waals surface area contributed by atoms with Gasteiger partial charge in [-0.25, -0.2) is 0 Å². The van der Waals surface area contributed by atoms with Crippen LogP contribution in [0, 0.1) is 0 Å². The van der Waals surface area contributed by atoms with Crippen molar-refractivity contribution in [2.24, 2.45) is 5.10 Å². The van der Waals surface area contributed by atoms with Crippen molar-refractivity contribution < 1.29 is 14.9 Å². The van der Waals surface area contributed by atoms with Gasteiger partial charge < -0.3 is 20.3 Å². The predicted molar refractivity (Wildman–Crippen MR) is 105 cm³/mol. The molecule has 4 N–H and O–H groups in total. The summed E-state index contributed by atoms with van der Waals surface area (Å²) in [5, 5.41) is 27.3. The van der Waals surface area contributed by atoms with Gasteiger partial charge in [0.05, 0.1) is 5.71 Å². The number of phenols is 2. The minimum absolute atomic E-state index is 0.124. The van der Waals surface area contributed by atoms with Crippen LogP contribution in [-0.4, -0.2) is 27.1 Å². The Kier molecular flexibility index (Phi) is 5.27. The van der Waals surface area contributed by atoms with Crippen LogP contribution in [0.1, 0.15) is 37.5 Å². The van der Waals surface area contributed by atoms with Crippen LogP contribution in [0.2, 0.25) is 0 Å². The lowest BCUT2D eigenvalue weighted by Gasteiger charge is -2.28. The summed E-state index contributed by atoms with van der Waals surface area (Å²) in [6.45, 7) is 3.99. The molecule has 0 spiro atoms. The number of phenolic OH excluding ortho intramolecular Hbond substituents is 2. The van der Waals surface area contributed by atoms with Crippen LogP contribution in [0.15, 0.2) is 47.6 Å². The van der Waals surface area contributed by atoms with E-state index >= 15 is 0 Å². The van der Waals surface area contributed by atoms with Crippen LogP contribution >= 0.6 is 12.2 Å². The largest absolute Gasteiger partial charge is 0.508 e. The SMILES string of the molecule is CC(C)NC(=S)N/N=C1\CC(c2ccc(O)cc2)Oc2cc(O)ccc21. The maximum atomic E-state index is 9.79. The molecule has 1 aliphatic rings. The van der Waals surface area contributed by atoms with Crippen LogP contribution < -0.4 is 15.5 Å². The Balaban J connectivity index is 1.89. The number of nitrogens with zero attached hydrogens (tertiary/aromatic N) is 1. The minimum Gasteiger partial charge on any atom is -0.508 e. The first-order valence-electron chi connectivity index (χ1n) is 8.34. The molecular weight excluding hydrogens is 350 g/mol. The number of aromatic hydroxyl groups is 2. The quantitative estimate of drug-likeness (QED) is 0.490. The molecule has 136 valence electrons. The molecule has 0 saturated heterocycles. The number of nitrogens with one attached hydrogen (secondary N) is 2. The standard InChI is InChI=1S/C19H21N3O3S/c1-11(2)20-19(26)22-21-16-10-17(12-3-5-13(23)6-4-12)25-18-9-14(24)7-8-15(16)18/h3-9,11,17,23-24H,10H2,1-2H3,(H2,20,22,26)/b21-16+. The highest BCUT2D eigenvalue weighted by molar-refractivity contribution is 7.80. The highest BCUT2D eigenvalue weighted by Crippen LogP contribution is 2.37. The van der Waals surface area contributed by atoms with Gasteiger partial charge >= 0.3 is 0 Å². The number of thiocarbonyl (C=S) groups is 1. The lowest BCUT2D eigenvalue weighted by atomic mass is 9.95. The van der Waals surface area contributed by atoms with Gasteiger partial charge in [-0.15, -0.1) is 0 Å². The molecule has 1 aliphatic heterocycles. The Morgan fingerprint density at radius 1 is 1.15 bits per heavy atom. The number of hydrazone groups is 1. The topological polar surface area (TPSA) is 86.1 Å². The van der Waals surface area contributed by atoms with Gasteiger partial charge in [0.1, 0.15) is 23.4 Å². The molecule has 0 fully saturated rings. The van der Waals surface area contributed by atoms with E-state index in [1.54, 1.807) is 30.3 Å². The third kappa shape index (κ3) is 4.23. The first kappa shape index (κ1) is 18.0. The maximum Gasteiger partial charge on any atom is 0.187 e. The first-order valence-corrected chi connectivity index (χ1v) is 8.75. The average Bonchev–Trinajstić information content (AvgIpc) is 2.59. The smallest absolute Gasteiger partial charge is 0.187 e. The van der Waals surface area contributed by atoms with Crippen molar-refractivity contribution in [1.82, 2.24) is 10.7 Å². The molecule has 26 heavy (non-hydrogen) atoms. The molecule has 1 heterocycles. The van der Waals surface area contributed by atoms with Crippen molar-refractivity contribution >= 4 is 23.0 Å². The van der Waals surface area contributed by atoms with Crippen molar-refractivity contribution in [3.8, 4) is 17.2 Å². The van der Waals surface area contributed by atoms with E-state index in [1.165, 1.54) is 0 Å². The molecular formula is C19H21N3O3S. The lowest BCUT2D eigenvalue weighted by Crippen LogP contribution is -2.37. The van der Waals surface area contributed by atoms with E-state index in [0.717, 1.165) is 16.8 Å². The lowest BCUT2D eigenvalue weighted by molar-refractivity contribution is 0.205. The van der Waals surface area contributed by atoms with Crippen LogP contribution in [0.5, 0.6) is 17.2 Å². The summed E-state index contributed by atoms with van der Waals surface area (Å²) in [6.07, 6.45) is 0.247. The van der Waals surface area contributed by atoms with Crippen molar-refractivity contribution in [2.45, 2.75) is 32.4 Å². The van der Waals surface area contributed by atoms with E-state index in [4.69, 9.17) is 17.0 Å². The van der Waals surface area contributed by atoms with Gasteiger partial charge in [0.25, 0.3) is 0 Å². The zero-order chi connectivity index (χ0) is 18.7. The summed E-state index contributed by atoms with van der Waals surface area (Å²) in [5.74, 6) is 0.875. The summed E-state index contributed by atoms with van der Waals surface area (Å²) in [6, 6.07) is 12.0. The average molecular weight is 371 g/mol. The summed E-state index contributed by atoms with van der Waals surface area (Å²) in [4.78, 5) is 0. The summed E-state index contributed by atoms with van der Waals surface area (Å²) < 4.78 is 6.04. The highest BCUT2D eigenvalue weighted by Gasteiger charge is 2.27. The van der Waals surface area contributed by atoms with Gasteiger partial charge in [-0.1, -0.05) is 12.1 Å². The predicted octanol–water partition coefficient (Wildman–Crippen LogP) is 3.20. The number of fused-ring (bicyclic) bond motifs is 1. The van der Waals surface area contributed by atoms with E-state index < -0.39 is 0 Å². The fourth-order valence-electron chi connectivity index (χ4n) is 2.72. The number of hydrogen-bond donors (Lipinski definition) is 4. The van der Waals surface area contributed by atoms with E-state index in [0.29, 0.717) is 17.3 Å². The first-order chi connectivity index (χ1) is 12.4. The van der Waals surface area contributed by atoms with Gasteiger partial charge in [0.15, 0.2) is 5.11 Å². The molecule has 2 aromatic rings. The Hall–Kier alpha value is -2.80. The molecule has 0 radical (unpaired) electrons. The normalized spacial score (nSPS) is 17.5. The second-order valence-electron chi connectivity index (χ2n) is 6.38. The third-order valence-corrected chi connectivity index (χ3v) is 4.11. The van der Waals surface area contributed by atoms with Gasteiger partial charge in [-0.2, -0.15) is 5.10 Å². The summed E-state index contributed by atoms with van der Waals surface area (Å²) in [7, 11) is 0. The molecule has 0 amide bonds. The second-order valence-corrected chi connectivity index (χ2v) is 6.79. The Morgan fingerprint density at radius 3 is 2.54 bits per heavy atom. The molecule has 3 rings (SSSR count). The highest BCUT2D eigenvalue weighted by atomic mass is 32.1. The van der Waals surface area contributed by atoms with Crippen molar-refractivity contribution in [3.05, 3.63) is 53.6 Å². The molecule has 1 atom stereocenters. The van der Waals surface area contributed by atoms with Crippen LogP contribution in [0.4, 0.5) is 0 Å². The van der Waals surface area contributed by atoms with E-state index in [9.17, 15) is 10.2 Å². The fraction of sp³-hybridized carbons (Fsp3) is 0.263. The van der Waals surface area contributed by atoms with Gasteiger partial charge in [-0.3, -0.25) is 5.43 Å². The molecule has 0 bridgehead atoms. The second kappa shape index (κ2) is 7.61. The Morgan fingerprint density at radius 2 is 1.85 bits per heavy atom. The van der Waals surface area contributed by atoms with E-state index in [1.807, 2.05) is 26.0 Å².